The molecule has 0 spiro atoms. The van der Waals surface area contributed by atoms with Gasteiger partial charge in [0.2, 0.25) is 0 Å². The van der Waals surface area contributed by atoms with Crippen LogP contribution in [-0.2, 0) is 0 Å². The maximum atomic E-state index is 12.2. The highest BCUT2D eigenvalue weighted by Gasteiger charge is 2.27. The average Bonchev–Trinajstić information content (AvgIpc) is 3.24. The first-order valence-electron chi connectivity index (χ1n) is 7.40. The smallest absolute Gasteiger partial charge is 0.268 e. The Morgan fingerprint density at radius 2 is 2.26 bits per heavy atom. The van der Waals surface area contributed by atoms with Crippen molar-refractivity contribution in [3.63, 3.8) is 0 Å². The van der Waals surface area contributed by atoms with Gasteiger partial charge in [-0.15, -0.1) is 0 Å². The molecule has 0 unspecified atom stereocenters. The molecule has 3 aromatic heterocycles. The van der Waals surface area contributed by atoms with Gasteiger partial charge in [0.05, 0.1) is 29.8 Å². The molecular weight excluding hydrogens is 292 g/mol. The molecule has 7 heteroatoms. The summed E-state index contributed by atoms with van der Waals surface area (Å²) in [5.74, 6) is 0. The molecule has 0 aromatic carbocycles. The zero-order chi connectivity index (χ0) is 15.8. The second kappa shape index (κ2) is 5.25. The highest BCUT2D eigenvalue weighted by Crippen LogP contribution is 2.32. The van der Waals surface area contributed by atoms with Gasteiger partial charge in [-0.3, -0.25) is 9.78 Å². The van der Waals surface area contributed by atoms with Crippen molar-refractivity contribution in [2.45, 2.75) is 12.5 Å². The topological polar surface area (TPSA) is 90.6 Å². The van der Waals surface area contributed by atoms with Gasteiger partial charge in [0.1, 0.15) is 11.6 Å². The summed E-state index contributed by atoms with van der Waals surface area (Å²) in [5.41, 5.74) is 1.15. The molecule has 114 valence electrons. The van der Waals surface area contributed by atoms with E-state index in [9.17, 15) is 10.1 Å². The number of rotatable bonds is 2. The second-order valence-electron chi connectivity index (χ2n) is 5.61. The summed E-state index contributed by atoms with van der Waals surface area (Å²) in [7, 11) is 0. The number of nitriles is 1. The zero-order valence-electron chi connectivity index (χ0n) is 12.3. The number of hydrogen-bond donors (Lipinski definition) is 1. The van der Waals surface area contributed by atoms with Crippen LogP contribution in [0.4, 0.5) is 5.69 Å². The minimum Gasteiger partial charge on any atom is -0.368 e. The third-order valence-corrected chi connectivity index (χ3v) is 4.33. The fraction of sp³-hybridized carbons (Fsp3) is 0.250. The van der Waals surface area contributed by atoms with Crippen molar-refractivity contribution in [1.29, 1.82) is 5.26 Å². The van der Waals surface area contributed by atoms with Gasteiger partial charge in [0.25, 0.3) is 5.56 Å². The summed E-state index contributed by atoms with van der Waals surface area (Å²) in [4.78, 5) is 25.2. The predicted octanol–water partition coefficient (Wildman–Crippen LogP) is 1.44. The van der Waals surface area contributed by atoms with E-state index in [0.717, 1.165) is 24.9 Å². The molecule has 1 fully saturated rings. The molecular formula is C16H14N6O. The number of imidazole rings is 1. The standard InChI is InChI=1S/C16H14N6O/c17-7-13-15(12-1-3-18-8-14(12)20-16(13)23)21-5-2-11(9-21)22-6-4-19-10-22/h1,3-4,6,8,10-11H,2,5,9H2,(H,20,23)/t11-/m1/s1. The third kappa shape index (κ3) is 2.16. The number of H-pyrrole nitrogens is 1. The first kappa shape index (κ1) is 13.5. The Labute approximate surface area is 131 Å². The quantitative estimate of drug-likeness (QED) is 0.773. The number of nitrogens with zero attached hydrogens (tertiary/aromatic N) is 5. The fourth-order valence-corrected chi connectivity index (χ4v) is 3.23. The van der Waals surface area contributed by atoms with Crippen LogP contribution < -0.4 is 10.5 Å². The summed E-state index contributed by atoms with van der Waals surface area (Å²) in [6.07, 6.45) is 9.75. The molecule has 23 heavy (non-hydrogen) atoms. The van der Waals surface area contributed by atoms with Gasteiger partial charge in [-0.05, 0) is 12.5 Å². The summed E-state index contributed by atoms with van der Waals surface area (Å²) in [6.45, 7) is 1.53. The van der Waals surface area contributed by atoms with Crippen LogP contribution in [0.5, 0.6) is 0 Å². The molecule has 1 aliphatic rings. The van der Waals surface area contributed by atoms with Crippen LogP contribution in [-0.4, -0.2) is 32.6 Å². The van der Waals surface area contributed by atoms with E-state index in [-0.39, 0.29) is 11.1 Å². The molecule has 3 aromatic rings. The molecule has 0 saturated carbocycles. The molecule has 1 saturated heterocycles. The number of pyridine rings is 2. The fourth-order valence-electron chi connectivity index (χ4n) is 3.23. The maximum absolute atomic E-state index is 12.2. The van der Waals surface area contributed by atoms with Crippen molar-refractivity contribution in [1.82, 2.24) is 19.5 Å². The lowest BCUT2D eigenvalue weighted by molar-refractivity contribution is 0.552. The Bertz CT molecular complexity index is 953. The van der Waals surface area contributed by atoms with Gasteiger partial charge >= 0.3 is 0 Å². The highest BCUT2D eigenvalue weighted by molar-refractivity contribution is 5.94. The van der Waals surface area contributed by atoms with E-state index in [4.69, 9.17) is 0 Å². The monoisotopic (exact) mass is 306 g/mol. The number of fused-ring (bicyclic) bond motifs is 1. The summed E-state index contributed by atoms with van der Waals surface area (Å²) >= 11 is 0. The third-order valence-electron chi connectivity index (χ3n) is 4.33. The summed E-state index contributed by atoms with van der Waals surface area (Å²) in [6, 6.07) is 4.19. The van der Waals surface area contributed by atoms with E-state index in [0.29, 0.717) is 17.2 Å². The molecule has 4 rings (SSSR count). The second-order valence-corrected chi connectivity index (χ2v) is 5.61. The predicted molar refractivity (Wildman–Crippen MR) is 85.2 cm³/mol. The minimum atomic E-state index is -0.367. The zero-order valence-corrected chi connectivity index (χ0v) is 12.3. The molecule has 1 aliphatic heterocycles. The minimum absolute atomic E-state index is 0.162. The Balaban J connectivity index is 1.83. The van der Waals surface area contributed by atoms with Crippen molar-refractivity contribution in [3.8, 4) is 6.07 Å². The Kier molecular flexibility index (Phi) is 3.08. The number of nitrogens with one attached hydrogen (secondary N) is 1. The molecule has 7 nitrogen and oxygen atoms in total. The first-order chi connectivity index (χ1) is 11.3. The molecule has 1 atom stereocenters. The van der Waals surface area contributed by atoms with E-state index in [1.54, 1.807) is 24.9 Å². The lowest BCUT2D eigenvalue weighted by Gasteiger charge is -2.21. The van der Waals surface area contributed by atoms with E-state index >= 15 is 0 Å². The van der Waals surface area contributed by atoms with Crippen LogP contribution in [0.1, 0.15) is 18.0 Å². The molecule has 4 heterocycles. The van der Waals surface area contributed by atoms with Gasteiger partial charge in [0, 0.05) is 37.1 Å². The van der Waals surface area contributed by atoms with Gasteiger partial charge in [-0.2, -0.15) is 5.26 Å². The maximum Gasteiger partial charge on any atom is 0.268 e. The van der Waals surface area contributed by atoms with Gasteiger partial charge in [-0.1, -0.05) is 0 Å². The van der Waals surface area contributed by atoms with Crippen LogP contribution in [0.25, 0.3) is 10.9 Å². The van der Waals surface area contributed by atoms with E-state index in [2.05, 4.69) is 30.5 Å². The van der Waals surface area contributed by atoms with Crippen molar-refractivity contribution in [2.24, 2.45) is 0 Å². The van der Waals surface area contributed by atoms with Crippen molar-refractivity contribution in [3.05, 3.63) is 53.1 Å². The number of hydrogen-bond acceptors (Lipinski definition) is 5. The van der Waals surface area contributed by atoms with Crippen LogP contribution >= 0.6 is 0 Å². The van der Waals surface area contributed by atoms with Crippen molar-refractivity contribution in [2.75, 3.05) is 18.0 Å². The lowest BCUT2D eigenvalue weighted by atomic mass is 10.1. The Morgan fingerprint density at radius 3 is 3.04 bits per heavy atom. The number of aromatic amines is 1. The van der Waals surface area contributed by atoms with Gasteiger partial charge in [-0.25, -0.2) is 4.98 Å². The van der Waals surface area contributed by atoms with Crippen LogP contribution in [0.3, 0.4) is 0 Å². The van der Waals surface area contributed by atoms with E-state index in [1.807, 2.05) is 12.3 Å². The van der Waals surface area contributed by atoms with Gasteiger partial charge < -0.3 is 14.5 Å². The number of aromatic nitrogens is 4. The summed E-state index contributed by atoms with van der Waals surface area (Å²) < 4.78 is 2.07. The Hall–Kier alpha value is -3.14. The first-order valence-corrected chi connectivity index (χ1v) is 7.40. The molecule has 0 bridgehead atoms. The Morgan fingerprint density at radius 1 is 1.35 bits per heavy atom. The lowest BCUT2D eigenvalue weighted by Crippen LogP contribution is -2.25. The SMILES string of the molecule is N#Cc1c(N2CC[C@@H](n3ccnc3)C2)c2ccncc2[nH]c1=O. The number of anilines is 1. The molecule has 1 N–H and O–H groups in total. The molecule has 0 radical (unpaired) electrons. The van der Waals surface area contributed by atoms with Gasteiger partial charge in [0.15, 0.2) is 0 Å². The van der Waals surface area contributed by atoms with Crippen molar-refractivity contribution < 1.29 is 0 Å². The van der Waals surface area contributed by atoms with Crippen molar-refractivity contribution >= 4 is 16.6 Å². The molecule has 0 amide bonds. The van der Waals surface area contributed by atoms with Crippen LogP contribution in [0.2, 0.25) is 0 Å². The molecule has 0 aliphatic carbocycles. The van der Waals surface area contributed by atoms with E-state index in [1.165, 1.54) is 0 Å². The largest absolute Gasteiger partial charge is 0.368 e. The van der Waals surface area contributed by atoms with Crippen LogP contribution in [0.15, 0.2) is 42.0 Å². The summed E-state index contributed by atoms with van der Waals surface area (Å²) in [5, 5.41) is 10.3. The van der Waals surface area contributed by atoms with Crippen LogP contribution in [0, 0.1) is 11.3 Å². The normalized spacial score (nSPS) is 17.5. The van der Waals surface area contributed by atoms with E-state index < -0.39 is 0 Å². The average molecular weight is 306 g/mol. The highest BCUT2D eigenvalue weighted by atomic mass is 16.1.